The zero-order chi connectivity index (χ0) is 14.5. The second kappa shape index (κ2) is 6.71. The molecule has 6 heteroatoms. The summed E-state index contributed by atoms with van der Waals surface area (Å²) in [4.78, 5) is 12.8. The number of carbonyl (C=O) groups excluding carboxylic acids is 1. The van der Waals surface area contributed by atoms with Crippen LogP contribution in [0.1, 0.15) is 4.88 Å². The Kier molecular flexibility index (Phi) is 4.96. The number of para-hydroxylation sites is 1. The van der Waals surface area contributed by atoms with Gasteiger partial charge in [0.05, 0.1) is 10.0 Å². The molecule has 1 N–H and O–H groups in total. The van der Waals surface area contributed by atoms with Crippen LogP contribution < -0.4 is 5.32 Å². The van der Waals surface area contributed by atoms with E-state index < -0.39 is 5.91 Å². The Hall–Kier alpha value is -1.61. The van der Waals surface area contributed by atoms with Crippen LogP contribution in [0.2, 0.25) is 4.34 Å². The highest BCUT2D eigenvalue weighted by Crippen LogP contribution is 2.25. The molecule has 0 aliphatic carbocycles. The first-order chi connectivity index (χ1) is 9.60. The Morgan fingerprint density at radius 1 is 1.35 bits per heavy atom. The zero-order valence-electron chi connectivity index (χ0n) is 10.1. The summed E-state index contributed by atoms with van der Waals surface area (Å²) >= 11 is 10.5. The lowest BCUT2D eigenvalue weighted by molar-refractivity contribution is -0.112. The highest BCUT2D eigenvalue weighted by Gasteiger charge is 2.11. The molecule has 0 spiro atoms. The number of halogens is 2. The Bertz CT molecular complexity index is 718. The summed E-state index contributed by atoms with van der Waals surface area (Å²) in [7, 11) is 0. The summed E-state index contributed by atoms with van der Waals surface area (Å²) < 4.78 is 1.37. The molecule has 20 heavy (non-hydrogen) atoms. The van der Waals surface area contributed by atoms with Gasteiger partial charge >= 0.3 is 0 Å². The number of carbonyl (C=O) groups is 1. The fourth-order valence-corrected chi connectivity index (χ4v) is 2.84. The molecule has 0 atom stereocenters. The standard InChI is InChI=1S/C14H8BrClN2OS/c15-11-3-1-2-4-12(11)18-14(19)9(8-17)7-10-5-6-13(16)20-10/h1-7H,(H,18,19)/b9-7+. The van der Waals surface area contributed by atoms with Crippen molar-refractivity contribution in [1.82, 2.24) is 0 Å². The molecule has 0 bridgehead atoms. The number of nitrogens with zero attached hydrogens (tertiary/aromatic N) is 1. The van der Waals surface area contributed by atoms with Crippen molar-refractivity contribution in [3.05, 3.63) is 55.7 Å². The highest BCUT2D eigenvalue weighted by atomic mass is 79.9. The Morgan fingerprint density at radius 3 is 2.70 bits per heavy atom. The quantitative estimate of drug-likeness (QED) is 0.631. The average Bonchev–Trinajstić information content (AvgIpc) is 2.84. The minimum atomic E-state index is -0.455. The van der Waals surface area contributed by atoms with E-state index in [1.807, 2.05) is 18.2 Å². The molecule has 0 fully saturated rings. The van der Waals surface area contributed by atoms with E-state index in [4.69, 9.17) is 16.9 Å². The number of amides is 1. The molecular weight excluding hydrogens is 360 g/mol. The second-order valence-electron chi connectivity index (χ2n) is 3.75. The van der Waals surface area contributed by atoms with Crippen molar-refractivity contribution in [2.75, 3.05) is 5.32 Å². The molecular formula is C14H8BrClN2OS. The van der Waals surface area contributed by atoms with Gasteiger partial charge in [-0.1, -0.05) is 23.7 Å². The van der Waals surface area contributed by atoms with Crippen LogP contribution in [0.3, 0.4) is 0 Å². The number of thiophene rings is 1. The lowest BCUT2D eigenvalue weighted by atomic mass is 10.2. The number of hydrogen-bond acceptors (Lipinski definition) is 3. The first-order valence-corrected chi connectivity index (χ1v) is 7.52. The van der Waals surface area contributed by atoms with E-state index in [-0.39, 0.29) is 5.57 Å². The van der Waals surface area contributed by atoms with E-state index in [9.17, 15) is 4.79 Å². The number of anilines is 1. The number of nitrogens with one attached hydrogen (secondary N) is 1. The van der Waals surface area contributed by atoms with Gasteiger partial charge < -0.3 is 5.32 Å². The maximum Gasteiger partial charge on any atom is 0.266 e. The van der Waals surface area contributed by atoms with E-state index in [1.54, 1.807) is 24.3 Å². The molecule has 3 nitrogen and oxygen atoms in total. The monoisotopic (exact) mass is 366 g/mol. The largest absolute Gasteiger partial charge is 0.320 e. The SMILES string of the molecule is N#C/C(=C\c1ccc(Cl)s1)C(=O)Nc1ccccc1Br. The third kappa shape index (κ3) is 3.70. The smallest absolute Gasteiger partial charge is 0.266 e. The molecule has 0 radical (unpaired) electrons. The third-order valence-electron chi connectivity index (χ3n) is 2.37. The van der Waals surface area contributed by atoms with E-state index in [1.165, 1.54) is 17.4 Å². The lowest BCUT2D eigenvalue weighted by Gasteiger charge is -2.05. The van der Waals surface area contributed by atoms with Crippen LogP contribution in [-0.4, -0.2) is 5.91 Å². The van der Waals surface area contributed by atoms with Gasteiger partial charge in [0.25, 0.3) is 5.91 Å². The minimum absolute atomic E-state index is 0.0271. The molecule has 1 aromatic heterocycles. The average molecular weight is 368 g/mol. The maximum absolute atomic E-state index is 12.1. The first-order valence-electron chi connectivity index (χ1n) is 5.53. The van der Waals surface area contributed by atoms with Gasteiger partial charge in [-0.2, -0.15) is 5.26 Å². The predicted octanol–water partition coefficient (Wildman–Crippen LogP) is 4.71. The summed E-state index contributed by atoms with van der Waals surface area (Å²) in [6.45, 7) is 0. The maximum atomic E-state index is 12.1. The first kappa shape index (κ1) is 14.8. The van der Waals surface area contributed by atoms with Gasteiger partial charge in [-0.3, -0.25) is 4.79 Å². The van der Waals surface area contributed by atoms with Crippen LogP contribution >= 0.6 is 38.9 Å². The van der Waals surface area contributed by atoms with E-state index >= 15 is 0 Å². The summed E-state index contributed by atoms with van der Waals surface area (Å²) in [6.07, 6.45) is 1.52. The molecule has 1 aromatic carbocycles. The fraction of sp³-hybridized carbons (Fsp3) is 0. The summed E-state index contributed by atoms with van der Waals surface area (Å²) in [6, 6.07) is 12.6. The van der Waals surface area contributed by atoms with Crippen LogP contribution in [0.25, 0.3) is 6.08 Å². The number of nitriles is 1. The molecule has 0 saturated heterocycles. The van der Waals surface area contributed by atoms with E-state index in [2.05, 4.69) is 21.2 Å². The van der Waals surface area contributed by atoms with Crippen LogP contribution in [-0.2, 0) is 4.79 Å². The van der Waals surface area contributed by atoms with Gasteiger partial charge in [0.1, 0.15) is 11.6 Å². The second-order valence-corrected chi connectivity index (χ2v) is 6.35. The number of benzene rings is 1. The highest BCUT2D eigenvalue weighted by molar-refractivity contribution is 9.10. The van der Waals surface area contributed by atoms with Crippen molar-refractivity contribution in [3.63, 3.8) is 0 Å². The molecule has 0 saturated carbocycles. The Labute approximate surface area is 133 Å². The topological polar surface area (TPSA) is 52.9 Å². The molecule has 2 aromatic rings. The van der Waals surface area contributed by atoms with Gasteiger partial charge in [0, 0.05) is 9.35 Å². The molecule has 1 heterocycles. The van der Waals surface area contributed by atoms with Gasteiger partial charge in [-0.15, -0.1) is 11.3 Å². The Balaban J connectivity index is 2.21. The fourth-order valence-electron chi connectivity index (χ4n) is 1.45. The third-order valence-corrected chi connectivity index (χ3v) is 4.24. The van der Waals surface area contributed by atoms with Crippen molar-refractivity contribution in [2.45, 2.75) is 0 Å². The summed E-state index contributed by atoms with van der Waals surface area (Å²) in [5.41, 5.74) is 0.641. The van der Waals surface area contributed by atoms with E-state index in [0.29, 0.717) is 10.0 Å². The predicted molar refractivity (Wildman–Crippen MR) is 85.7 cm³/mol. The van der Waals surface area contributed by atoms with E-state index in [0.717, 1.165) is 9.35 Å². The molecule has 0 unspecified atom stereocenters. The van der Waals surface area contributed by atoms with Crippen molar-refractivity contribution >= 4 is 56.5 Å². The summed E-state index contributed by atoms with van der Waals surface area (Å²) in [5.74, 6) is -0.455. The van der Waals surface area contributed by atoms with Crippen LogP contribution in [0.5, 0.6) is 0 Å². The van der Waals surface area contributed by atoms with Gasteiger partial charge in [-0.05, 0) is 46.3 Å². The normalized spacial score (nSPS) is 10.9. The van der Waals surface area contributed by atoms with Crippen molar-refractivity contribution in [1.29, 1.82) is 5.26 Å². The summed E-state index contributed by atoms with van der Waals surface area (Å²) in [5, 5.41) is 11.8. The zero-order valence-corrected chi connectivity index (χ0v) is 13.2. The molecule has 0 aliphatic rings. The number of rotatable bonds is 3. The Morgan fingerprint density at radius 2 is 2.10 bits per heavy atom. The van der Waals surface area contributed by atoms with Gasteiger partial charge in [-0.25, -0.2) is 0 Å². The molecule has 100 valence electrons. The molecule has 1 amide bonds. The van der Waals surface area contributed by atoms with Crippen LogP contribution in [0.15, 0.2) is 46.4 Å². The van der Waals surface area contributed by atoms with Crippen LogP contribution in [0.4, 0.5) is 5.69 Å². The minimum Gasteiger partial charge on any atom is -0.320 e. The molecule has 2 rings (SSSR count). The van der Waals surface area contributed by atoms with Crippen molar-refractivity contribution < 1.29 is 4.79 Å². The van der Waals surface area contributed by atoms with Crippen molar-refractivity contribution in [2.24, 2.45) is 0 Å². The molecule has 0 aliphatic heterocycles. The van der Waals surface area contributed by atoms with Gasteiger partial charge in [0.2, 0.25) is 0 Å². The van der Waals surface area contributed by atoms with Crippen LogP contribution in [0, 0.1) is 11.3 Å². The number of hydrogen-bond donors (Lipinski definition) is 1. The lowest BCUT2D eigenvalue weighted by Crippen LogP contribution is -2.13. The van der Waals surface area contributed by atoms with Crippen molar-refractivity contribution in [3.8, 4) is 6.07 Å². The van der Waals surface area contributed by atoms with Gasteiger partial charge in [0.15, 0.2) is 0 Å².